The molecule has 0 aromatic heterocycles. The Labute approximate surface area is 182 Å². The first-order chi connectivity index (χ1) is 14.7. The van der Waals surface area contributed by atoms with E-state index in [0.717, 1.165) is 52.1 Å². The van der Waals surface area contributed by atoms with Crippen molar-refractivity contribution in [1.82, 2.24) is 20.0 Å². The maximum atomic E-state index is 13.2. The lowest BCUT2D eigenvalue weighted by atomic mass is 9.94. The number of hydrogen-bond acceptors (Lipinski definition) is 4. The molecule has 2 saturated carbocycles. The third-order valence-corrected chi connectivity index (χ3v) is 8.01. The van der Waals surface area contributed by atoms with Crippen molar-refractivity contribution in [1.29, 1.82) is 0 Å². The standard InChI is InChI=1S/C24H42N4O2/c29-23(25-12-15-26-13-6-1-7-14-26)22(20-8-2-3-9-20)27-16-18-28(19-17-27)24(30)21-10-4-5-11-21/h20-22H,1-19H2,(H,25,29)/t22-/m1/s1. The maximum absolute atomic E-state index is 13.2. The van der Waals surface area contributed by atoms with E-state index in [1.807, 2.05) is 0 Å². The van der Waals surface area contributed by atoms with Crippen molar-refractivity contribution in [2.45, 2.75) is 76.7 Å². The Morgan fingerprint density at radius 3 is 2.07 bits per heavy atom. The van der Waals surface area contributed by atoms with Gasteiger partial charge >= 0.3 is 0 Å². The molecule has 0 unspecified atom stereocenters. The van der Waals surface area contributed by atoms with Crippen LogP contribution >= 0.6 is 0 Å². The summed E-state index contributed by atoms with van der Waals surface area (Å²) in [4.78, 5) is 33.0. The van der Waals surface area contributed by atoms with Gasteiger partial charge in [0, 0.05) is 45.2 Å². The first-order valence-electron chi connectivity index (χ1n) is 12.8. The molecule has 2 heterocycles. The van der Waals surface area contributed by atoms with Crippen LogP contribution in [-0.4, -0.2) is 84.9 Å². The summed E-state index contributed by atoms with van der Waals surface area (Å²) < 4.78 is 0. The van der Waals surface area contributed by atoms with Gasteiger partial charge in [0.15, 0.2) is 0 Å². The van der Waals surface area contributed by atoms with Crippen molar-refractivity contribution < 1.29 is 9.59 Å². The quantitative estimate of drug-likeness (QED) is 0.690. The third kappa shape index (κ3) is 5.56. The molecule has 2 saturated heterocycles. The molecule has 2 aliphatic heterocycles. The summed E-state index contributed by atoms with van der Waals surface area (Å²) in [6, 6.07) is -0.00223. The van der Waals surface area contributed by atoms with Crippen molar-refractivity contribution in [3.05, 3.63) is 0 Å². The lowest BCUT2D eigenvalue weighted by Crippen LogP contribution is -2.58. The number of piperazine rings is 1. The number of carbonyl (C=O) groups is 2. The minimum Gasteiger partial charge on any atom is -0.353 e. The summed E-state index contributed by atoms with van der Waals surface area (Å²) >= 11 is 0. The summed E-state index contributed by atoms with van der Waals surface area (Å²) in [5, 5.41) is 3.28. The van der Waals surface area contributed by atoms with Crippen LogP contribution in [0.15, 0.2) is 0 Å². The van der Waals surface area contributed by atoms with Gasteiger partial charge in [-0.3, -0.25) is 14.5 Å². The summed E-state index contributed by atoms with van der Waals surface area (Å²) in [5.41, 5.74) is 0. The van der Waals surface area contributed by atoms with Gasteiger partial charge in [-0.25, -0.2) is 0 Å². The lowest BCUT2D eigenvalue weighted by molar-refractivity contribution is -0.138. The highest BCUT2D eigenvalue weighted by Crippen LogP contribution is 2.32. The van der Waals surface area contributed by atoms with Crippen LogP contribution in [0.5, 0.6) is 0 Å². The molecular weight excluding hydrogens is 376 g/mol. The van der Waals surface area contributed by atoms with Crippen molar-refractivity contribution >= 4 is 11.8 Å². The molecule has 1 atom stereocenters. The van der Waals surface area contributed by atoms with Gasteiger partial charge in [-0.05, 0) is 57.5 Å². The van der Waals surface area contributed by atoms with Crippen LogP contribution in [0, 0.1) is 11.8 Å². The highest BCUT2D eigenvalue weighted by molar-refractivity contribution is 5.82. The molecule has 2 aliphatic carbocycles. The molecule has 2 amide bonds. The molecule has 0 radical (unpaired) electrons. The van der Waals surface area contributed by atoms with Gasteiger partial charge in [-0.2, -0.15) is 0 Å². The second-order valence-corrected chi connectivity index (χ2v) is 10.0. The van der Waals surface area contributed by atoms with Crippen LogP contribution in [0.4, 0.5) is 0 Å². The summed E-state index contributed by atoms with van der Waals surface area (Å²) in [6.07, 6.45) is 13.3. The Morgan fingerprint density at radius 1 is 0.767 bits per heavy atom. The maximum Gasteiger partial charge on any atom is 0.237 e. The molecule has 1 N–H and O–H groups in total. The third-order valence-electron chi connectivity index (χ3n) is 8.01. The Morgan fingerprint density at radius 2 is 1.40 bits per heavy atom. The summed E-state index contributed by atoms with van der Waals surface area (Å²) in [5.74, 6) is 1.35. The second kappa shape index (κ2) is 10.9. The Hall–Kier alpha value is -1.14. The predicted molar refractivity (Wildman–Crippen MR) is 119 cm³/mol. The smallest absolute Gasteiger partial charge is 0.237 e. The zero-order chi connectivity index (χ0) is 20.8. The van der Waals surface area contributed by atoms with Gasteiger partial charge in [-0.1, -0.05) is 32.1 Å². The van der Waals surface area contributed by atoms with E-state index >= 15 is 0 Å². The average Bonchev–Trinajstić information content (AvgIpc) is 3.49. The van der Waals surface area contributed by atoms with Gasteiger partial charge in [0.2, 0.25) is 11.8 Å². The second-order valence-electron chi connectivity index (χ2n) is 10.0. The fraction of sp³-hybridized carbons (Fsp3) is 0.917. The average molecular weight is 419 g/mol. The topological polar surface area (TPSA) is 55.9 Å². The van der Waals surface area contributed by atoms with Crippen LogP contribution in [0.1, 0.15) is 70.6 Å². The number of likely N-dealkylation sites (tertiary alicyclic amines) is 1. The number of piperidine rings is 1. The monoisotopic (exact) mass is 418 g/mol. The minimum absolute atomic E-state index is 0.00223. The van der Waals surface area contributed by atoms with Crippen molar-refractivity contribution in [3.63, 3.8) is 0 Å². The molecule has 0 aromatic carbocycles. The molecular formula is C24H42N4O2. The van der Waals surface area contributed by atoms with E-state index < -0.39 is 0 Å². The molecule has 30 heavy (non-hydrogen) atoms. The van der Waals surface area contributed by atoms with E-state index in [0.29, 0.717) is 11.8 Å². The first kappa shape index (κ1) is 22.1. The summed E-state index contributed by atoms with van der Waals surface area (Å²) in [6.45, 7) is 7.38. The van der Waals surface area contributed by atoms with Crippen LogP contribution in [0.3, 0.4) is 0 Å². The number of rotatable bonds is 7. The molecule has 170 valence electrons. The molecule has 0 spiro atoms. The van der Waals surface area contributed by atoms with Crippen LogP contribution in [-0.2, 0) is 9.59 Å². The van der Waals surface area contributed by atoms with Gasteiger partial charge in [-0.15, -0.1) is 0 Å². The number of nitrogens with one attached hydrogen (secondary N) is 1. The number of hydrogen-bond donors (Lipinski definition) is 1. The van der Waals surface area contributed by atoms with E-state index in [2.05, 4.69) is 20.0 Å². The van der Waals surface area contributed by atoms with Crippen LogP contribution in [0.2, 0.25) is 0 Å². The highest BCUT2D eigenvalue weighted by atomic mass is 16.2. The van der Waals surface area contributed by atoms with E-state index in [4.69, 9.17) is 0 Å². The normalized spacial score (nSPS) is 26.2. The predicted octanol–water partition coefficient (Wildman–Crippen LogP) is 2.48. The molecule has 0 aromatic rings. The van der Waals surface area contributed by atoms with Gasteiger partial charge < -0.3 is 15.1 Å². The van der Waals surface area contributed by atoms with Crippen molar-refractivity contribution in [3.8, 4) is 0 Å². The van der Waals surface area contributed by atoms with Crippen molar-refractivity contribution in [2.24, 2.45) is 11.8 Å². The lowest BCUT2D eigenvalue weighted by Gasteiger charge is -2.41. The summed E-state index contributed by atoms with van der Waals surface area (Å²) in [7, 11) is 0. The number of amides is 2. The Bertz CT molecular complexity index is 558. The van der Waals surface area contributed by atoms with Crippen LogP contribution < -0.4 is 5.32 Å². The Balaban J connectivity index is 1.28. The van der Waals surface area contributed by atoms with E-state index in [9.17, 15) is 9.59 Å². The molecule has 4 fully saturated rings. The largest absolute Gasteiger partial charge is 0.353 e. The zero-order valence-corrected chi connectivity index (χ0v) is 18.8. The van der Waals surface area contributed by atoms with E-state index in [-0.39, 0.29) is 17.9 Å². The van der Waals surface area contributed by atoms with Gasteiger partial charge in [0.25, 0.3) is 0 Å². The Kier molecular flexibility index (Phi) is 8.05. The minimum atomic E-state index is -0.00223. The molecule has 4 aliphatic rings. The zero-order valence-electron chi connectivity index (χ0n) is 18.8. The fourth-order valence-electron chi connectivity index (χ4n) is 6.23. The van der Waals surface area contributed by atoms with E-state index in [1.165, 1.54) is 70.9 Å². The fourth-order valence-corrected chi connectivity index (χ4v) is 6.23. The molecule has 4 rings (SSSR count). The molecule has 0 bridgehead atoms. The van der Waals surface area contributed by atoms with E-state index in [1.54, 1.807) is 0 Å². The SMILES string of the molecule is O=C(NCCN1CCCCC1)[C@@H](C1CCCC1)N1CCN(C(=O)C2CCCC2)CC1. The first-order valence-corrected chi connectivity index (χ1v) is 12.8. The van der Waals surface area contributed by atoms with Crippen molar-refractivity contribution in [2.75, 3.05) is 52.4 Å². The molecule has 6 nitrogen and oxygen atoms in total. The van der Waals surface area contributed by atoms with Gasteiger partial charge in [0.05, 0.1) is 6.04 Å². The molecule has 6 heteroatoms. The van der Waals surface area contributed by atoms with Crippen LogP contribution in [0.25, 0.3) is 0 Å². The highest BCUT2D eigenvalue weighted by Gasteiger charge is 2.38. The van der Waals surface area contributed by atoms with Gasteiger partial charge in [0.1, 0.15) is 0 Å². The number of carbonyl (C=O) groups excluding carboxylic acids is 2. The number of nitrogens with zero attached hydrogens (tertiary/aromatic N) is 3.